The minimum absolute atomic E-state index is 0.0288. The summed E-state index contributed by atoms with van der Waals surface area (Å²) in [5.74, 6) is -0.0288. The van der Waals surface area contributed by atoms with Crippen LogP contribution in [-0.4, -0.2) is 61.1 Å². The third-order valence-corrected chi connectivity index (χ3v) is 4.40. The molecule has 7 heteroatoms. The van der Waals surface area contributed by atoms with E-state index in [4.69, 9.17) is 4.74 Å². The first-order valence-electron chi connectivity index (χ1n) is 7.69. The summed E-state index contributed by atoms with van der Waals surface area (Å²) in [6.07, 6.45) is -0.272. The molecule has 23 heavy (non-hydrogen) atoms. The number of nitrogens with zero attached hydrogens (tertiary/aromatic N) is 2. The minimum Gasteiger partial charge on any atom is -0.450 e. The lowest BCUT2D eigenvalue weighted by atomic mass is 10.2. The molecular formula is C16H22IN3O3. The molecule has 1 aliphatic heterocycles. The van der Waals surface area contributed by atoms with Crippen LogP contribution >= 0.6 is 22.6 Å². The number of ether oxygens (including phenoxy) is 1. The lowest BCUT2D eigenvalue weighted by Crippen LogP contribution is -2.50. The largest absolute Gasteiger partial charge is 0.450 e. The van der Waals surface area contributed by atoms with Gasteiger partial charge in [0.1, 0.15) is 0 Å². The van der Waals surface area contributed by atoms with Crippen molar-refractivity contribution in [3.05, 3.63) is 27.3 Å². The van der Waals surface area contributed by atoms with Crippen molar-refractivity contribution in [3.63, 3.8) is 0 Å². The maximum Gasteiger partial charge on any atom is 0.409 e. The summed E-state index contributed by atoms with van der Waals surface area (Å²) in [6, 6.07) is 5.93. The second-order valence-corrected chi connectivity index (χ2v) is 6.72. The number of carbonyl (C=O) groups is 2. The Balaban J connectivity index is 1.79. The first-order valence-corrected chi connectivity index (χ1v) is 8.77. The Morgan fingerprint density at radius 1 is 1.26 bits per heavy atom. The molecule has 0 bridgehead atoms. The Kier molecular flexibility index (Phi) is 6.64. The third kappa shape index (κ3) is 5.35. The van der Waals surface area contributed by atoms with Gasteiger partial charge in [0.05, 0.1) is 13.2 Å². The fourth-order valence-corrected chi connectivity index (χ4v) is 3.11. The molecule has 1 aromatic rings. The molecule has 2 amide bonds. The van der Waals surface area contributed by atoms with Crippen LogP contribution in [0.2, 0.25) is 0 Å². The van der Waals surface area contributed by atoms with Gasteiger partial charge in [0.15, 0.2) is 0 Å². The highest BCUT2D eigenvalue weighted by Crippen LogP contribution is 2.17. The maximum atomic E-state index is 12.2. The molecule has 1 aliphatic rings. The first-order chi connectivity index (χ1) is 11.0. The van der Waals surface area contributed by atoms with E-state index >= 15 is 0 Å². The first kappa shape index (κ1) is 18.0. The number of hydrogen-bond acceptors (Lipinski definition) is 4. The third-order valence-electron chi connectivity index (χ3n) is 3.73. The van der Waals surface area contributed by atoms with Crippen molar-refractivity contribution >= 4 is 40.3 Å². The molecule has 0 saturated carbocycles. The van der Waals surface area contributed by atoms with E-state index in [2.05, 4.69) is 27.9 Å². The van der Waals surface area contributed by atoms with Crippen molar-refractivity contribution in [2.45, 2.75) is 13.8 Å². The van der Waals surface area contributed by atoms with Crippen molar-refractivity contribution in [2.75, 3.05) is 44.6 Å². The number of halogens is 1. The average molecular weight is 431 g/mol. The van der Waals surface area contributed by atoms with E-state index in [1.54, 1.807) is 11.8 Å². The maximum absolute atomic E-state index is 12.2. The minimum atomic E-state index is -0.272. The van der Waals surface area contributed by atoms with Crippen molar-refractivity contribution < 1.29 is 14.3 Å². The second kappa shape index (κ2) is 8.49. The smallest absolute Gasteiger partial charge is 0.409 e. The van der Waals surface area contributed by atoms with Gasteiger partial charge in [-0.3, -0.25) is 9.69 Å². The summed E-state index contributed by atoms with van der Waals surface area (Å²) >= 11 is 2.25. The summed E-state index contributed by atoms with van der Waals surface area (Å²) < 4.78 is 6.13. The van der Waals surface area contributed by atoms with E-state index in [-0.39, 0.29) is 12.0 Å². The van der Waals surface area contributed by atoms with E-state index in [1.165, 1.54) is 0 Å². The zero-order valence-corrected chi connectivity index (χ0v) is 15.6. The highest BCUT2D eigenvalue weighted by atomic mass is 127. The van der Waals surface area contributed by atoms with E-state index in [9.17, 15) is 9.59 Å². The lowest BCUT2D eigenvalue weighted by Gasteiger charge is -2.33. The van der Waals surface area contributed by atoms with Gasteiger partial charge in [-0.2, -0.15) is 0 Å². The van der Waals surface area contributed by atoms with Crippen LogP contribution < -0.4 is 5.32 Å². The Bertz CT molecular complexity index is 572. The molecule has 0 atom stereocenters. The van der Waals surface area contributed by atoms with Gasteiger partial charge in [0.25, 0.3) is 0 Å². The van der Waals surface area contributed by atoms with E-state index in [1.807, 2.05) is 30.0 Å². The molecule has 1 aromatic carbocycles. The van der Waals surface area contributed by atoms with Crippen molar-refractivity contribution in [2.24, 2.45) is 0 Å². The van der Waals surface area contributed by atoms with Gasteiger partial charge in [-0.05, 0) is 60.2 Å². The van der Waals surface area contributed by atoms with E-state index in [0.29, 0.717) is 39.3 Å². The van der Waals surface area contributed by atoms with Crippen LogP contribution in [0.3, 0.4) is 0 Å². The van der Waals surface area contributed by atoms with Crippen LogP contribution in [0, 0.1) is 10.5 Å². The fourth-order valence-electron chi connectivity index (χ4n) is 2.46. The molecule has 0 unspecified atom stereocenters. The SMILES string of the molecule is CCOC(=O)N1CCN(CC(=O)Nc2ccc(I)cc2C)CC1. The Labute approximate surface area is 150 Å². The van der Waals surface area contributed by atoms with Crippen LogP contribution in [0.15, 0.2) is 18.2 Å². The van der Waals surface area contributed by atoms with Crippen LogP contribution in [0.25, 0.3) is 0 Å². The average Bonchev–Trinajstić information content (AvgIpc) is 2.51. The standard InChI is InChI=1S/C16H22IN3O3/c1-3-23-16(22)20-8-6-19(7-9-20)11-15(21)18-14-5-4-13(17)10-12(14)2/h4-5,10H,3,6-9,11H2,1-2H3,(H,18,21). The quantitative estimate of drug-likeness (QED) is 0.744. The molecule has 2 rings (SSSR count). The predicted molar refractivity (Wildman–Crippen MR) is 97.6 cm³/mol. The molecule has 0 aliphatic carbocycles. The summed E-state index contributed by atoms with van der Waals surface area (Å²) in [4.78, 5) is 27.5. The molecule has 6 nitrogen and oxygen atoms in total. The normalized spacial score (nSPS) is 15.3. The monoisotopic (exact) mass is 431 g/mol. The van der Waals surface area contributed by atoms with Crippen LogP contribution in [0.5, 0.6) is 0 Å². The molecule has 1 fully saturated rings. The summed E-state index contributed by atoms with van der Waals surface area (Å²) in [5, 5.41) is 2.95. The number of anilines is 1. The summed E-state index contributed by atoms with van der Waals surface area (Å²) in [6.45, 7) is 7.04. The number of nitrogens with one attached hydrogen (secondary N) is 1. The highest BCUT2D eigenvalue weighted by molar-refractivity contribution is 14.1. The number of piperazine rings is 1. The summed E-state index contributed by atoms with van der Waals surface area (Å²) in [7, 11) is 0. The molecule has 1 N–H and O–H groups in total. The second-order valence-electron chi connectivity index (χ2n) is 5.47. The van der Waals surface area contributed by atoms with Gasteiger partial charge in [0.2, 0.25) is 5.91 Å². The number of aryl methyl sites for hydroxylation is 1. The number of rotatable bonds is 4. The Hall–Kier alpha value is -1.35. The molecule has 1 saturated heterocycles. The molecule has 1 heterocycles. The number of carbonyl (C=O) groups excluding carboxylic acids is 2. The van der Waals surface area contributed by atoms with Crippen LogP contribution in [0.4, 0.5) is 10.5 Å². The predicted octanol–water partition coefficient (Wildman–Crippen LogP) is 2.31. The van der Waals surface area contributed by atoms with Gasteiger partial charge < -0.3 is 15.0 Å². The molecular weight excluding hydrogens is 409 g/mol. The fraction of sp³-hybridized carbons (Fsp3) is 0.500. The van der Waals surface area contributed by atoms with E-state index in [0.717, 1.165) is 14.8 Å². The van der Waals surface area contributed by atoms with Gasteiger partial charge >= 0.3 is 6.09 Å². The molecule has 0 aromatic heterocycles. The molecule has 0 spiro atoms. The molecule has 126 valence electrons. The van der Waals surface area contributed by atoms with E-state index < -0.39 is 0 Å². The Morgan fingerprint density at radius 3 is 2.57 bits per heavy atom. The van der Waals surface area contributed by atoms with Gasteiger partial charge in [-0.25, -0.2) is 4.79 Å². The highest BCUT2D eigenvalue weighted by Gasteiger charge is 2.23. The zero-order chi connectivity index (χ0) is 16.8. The zero-order valence-electron chi connectivity index (χ0n) is 13.5. The topological polar surface area (TPSA) is 61.9 Å². The van der Waals surface area contributed by atoms with Gasteiger partial charge in [-0.15, -0.1) is 0 Å². The number of benzene rings is 1. The lowest BCUT2D eigenvalue weighted by molar-refractivity contribution is -0.117. The Morgan fingerprint density at radius 2 is 1.96 bits per heavy atom. The number of hydrogen-bond donors (Lipinski definition) is 1. The number of amides is 2. The van der Waals surface area contributed by atoms with Crippen molar-refractivity contribution in [1.82, 2.24) is 9.80 Å². The van der Waals surface area contributed by atoms with Gasteiger partial charge in [-0.1, -0.05) is 0 Å². The van der Waals surface area contributed by atoms with Crippen LogP contribution in [0.1, 0.15) is 12.5 Å². The van der Waals surface area contributed by atoms with Crippen LogP contribution in [-0.2, 0) is 9.53 Å². The van der Waals surface area contributed by atoms with Crippen molar-refractivity contribution in [3.8, 4) is 0 Å². The van der Waals surface area contributed by atoms with Gasteiger partial charge in [0, 0.05) is 35.4 Å². The van der Waals surface area contributed by atoms with Crippen molar-refractivity contribution in [1.29, 1.82) is 0 Å². The molecule has 0 radical (unpaired) electrons. The summed E-state index contributed by atoms with van der Waals surface area (Å²) in [5.41, 5.74) is 1.90.